The number of H-pyrrole nitrogens is 1. The van der Waals surface area contributed by atoms with Gasteiger partial charge >= 0.3 is 6.18 Å². The molecule has 1 fully saturated rings. The number of carbonyl (C=O) groups is 1. The summed E-state index contributed by atoms with van der Waals surface area (Å²) in [7, 11) is 0. The second-order valence-electron chi connectivity index (χ2n) is 8.21. The molecule has 1 atom stereocenters. The number of aryl methyl sites for hydroxylation is 1. The van der Waals surface area contributed by atoms with Crippen LogP contribution in [-0.2, 0) is 12.7 Å². The maximum Gasteiger partial charge on any atom is 0.416 e. The van der Waals surface area contributed by atoms with Crippen molar-refractivity contribution in [1.82, 2.24) is 20.2 Å². The number of benzene rings is 2. The van der Waals surface area contributed by atoms with Gasteiger partial charge in [-0.25, -0.2) is 4.98 Å². The van der Waals surface area contributed by atoms with Crippen molar-refractivity contribution in [2.24, 2.45) is 0 Å². The molecule has 1 unspecified atom stereocenters. The van der Waals surface area contributed by atoms with E-state index in [4.69, 9.17) is 0 Å². The monoisotopic (exact) mass is 459 g/mol. The first-order valence-electron chi connectivity index (χ1n) is 10.6. The largest absolute Gasteiger partial charge is 0.416 e. The molecule has 1 aliphatic rings. The number of hydrogen-bond acceptors (Lipinski definition) is 5. The minimum Gasteiger partial charge on any atom is -0.381 e. The Labute approximate surface area is 188 Å². The smallest absolute Gasteiger partial charge is 0.381 e. The molecule has 1 aromatic heterocycles. The van der Waals surface area contributed by atoms with E-state index < -0.39 is 17.3 Å². The molecule has 7 nitrogen and oxygen atoms in total. The predicted molar refractivity (Wildman–Crippen MR) is 119 cm³/mol. The van der Waals surface area contributed by atoms with Crippen molar-refractivity contribution < 1.29 is 18.0 Å². The molecule has 1 saturated heterocycles. The molecule has 0 aliphatic carbocycles. The fourth-order valence-corrected chi connectivity index (χ4v) is 3.99. The second-order valence-corrected chi connectivity index (χ2v) is 8.21. The number of nitrogens with zero attached hydrogens (tertiary/aromatic N) is 2. The van der Waals surface area contributed by atoms with E-state index in [-0.39, 0.29) is 40.8 Å². The summed E-state index contributed by atoms with van der Waals surface area (Å²) in [5.74, 6) is 0.169. The number of halogens is 3. The Balaban J connectivity index is 1.54. The van der Waals surface area contributed by atoms with Crippen LogP contribution in [0.25, 0.3) is 10.9 Å². The molecule has 1 aliphatic heterocycles. The second kappa shape index (κ2) is 8.86. The summed E-state index contributed by atoms with van der Waals surface area (Å²) in [4.78, 5) is 33.2. The van der Waals surface area contributed by atoms with Gasteiger partial charge in [-0.3, -0.25) is 9.59 Å². The third-order valence-corrected chi connectivity index (χ3v) is 5.62. The fraction of sp³-hybridized carbons (Fsp3) is 0.348. The highest BCUT2D eigenvalue weighted by atomic mass is 19.4. The average molecular weight is 459 g/mol. The van der Waals surface area contributed by atoms with Crippen molar-refractivity contribution >= 4 is 22.5 Å². The summed E-state index contributed by atoms with van der Waals surface area (Å²) in [6.45, 7) is 5.35. The van der Waals surface area contributed by atoms with Gasteiger partial charge in [0.05, 0.1) is 16.5 Å². The van der Waals surface area contributed by atoms with Crippen LogP contribution in [0.15, 0.2) is 41.2 Å². The Hall–Kier alpha value is -3.40. The molecule has 0 bridgehead atoms. The van der Waals surface area contributed by atoms with Gasteiger partial charge in [0.25, 0.3) is 11.5 Å². The lowest BCUT2D eigenvalue weighted by Crippen LogP contribution is -2.51. The predicted octanol–water partition coefficient (Wildman–Crippen LogP) is 3.30. The molecule has 0 spiro atoms. The van der Waals surface area contributed by atoms with Crippen LogP contribution >= 0.6 is 0 Å². The number of carbonyl (C=O) groups excluding carboxylic acids is 1. The van der Waals surface area contributed by atoms with Gasteiger partial charge in [0, 0.05) is 43.5 Å². The highest BCUT2D eigenvalue weighted by molar-refractivity contribution is 5.94. The number of fused-ring (bicyclic) bond motifs is 1. The van der Waals surface area contributed by atoms with Gasteiger partial charge in [-0.2, -0.15) is 13.2 Å². The fourth-order valence-electron chi connectivity index (χ4n) is 3.99. The summed E-state index contributed by atoms with van der Waals surface area (Å²) in [5.41, 5.74) is -0.329. The average Bonchev–Trinajstić information content (AvgIpc) is 2.76. The molecule has 1 amide bonds. The van der Waals surface area contributed by atoms with Gasteiger partial charge in [0.1, 0.15) is 5.82 Å². The van der Waals surface area contributed by atoms with Crippen LogP contribution in [0.3, 0.4) is 0 Å². The number of rotatable bonds is 4. The number of nitrogens with one attached hydrogen (secondary N) is 3. The summed E-state index contributed by atoms with van der Waals surface area (Å²) >= 11 is 0. The van der Waals surface area contributed by atoms with Crippen LogP contribution in [0.2, 0.25) is 0 Å². The van der Waals surface area contributed by atoms with Crippen LogP contribution in [0.4, 0.5) is 18.9 Å². The van der Waals surface area contributed by atoms with Gasteiger partial charge in [-0.15, -0.1) is 0 Å². The highest BCUT2D eigenvalue weighted by Crippen LogP contribution is 2.34. The lowest BCUT2D eigenvalue weighted by molar-refractivity contribution is -0.138. The molecule has 174 valence electrons. The normalized spacial score (nSPS) is 16.8. The Morgan fingerprint density at radius 3 is 2.64 bits per heavy atom. The molecule has 3 aromatic rings. The van der Waals surface area contributed by atoms with Crippen molar-refractivity contribution in [2.75, 3.05) is 25.0 Å². The maximum atomic E-state index is 13.7. The van der Waals surface area contributed by atoms with Gasteiger partial charge < -0.3 is 20.5 Å². The van der Waals surface area contributed by atoms with Crippen LogP contribution in [0.1, 0.15) is 34.2 Å². The first-order chi connectivity index (χ1) is 15.6. The van der Waals surface area contributed by atoms with E-state index in [2.05, 4.69) is 20.6 Å². The van der Waals surface area contributed by atoms with Crippen LogP contribution in [-0.4, -0.2) is 46.5 Å². The minimum absolute atomic E-state index is 0.00239. The van der Waals surface area contributed by atoms with E-state index in [1.165, 1.54) is 13.0 Å². The molecule has 0 saturated carbocycles. The third-order valence-electron chi connectivity index (χ3n) is 5.62. The van der Waals surface area contributed by atoms with E-state index >= 15 is 0 Å². The Morgan fingerprint density at radius 2 is 1.97 bits per heavy atom. The Morgan fingerprint density at radius 1 is 1.24 bits per heavy atom. The summed E-state index contributed by atoms with van der Waals surface area (Å²) in [6.07, 6.45) is -4.60. The zero-order valence-corrected chi connectivity index (χ0v) is 18.2. The number of amides is 1. The van der Waals surface area contributed by atoms with Crippen LogP contribution in [0.5, 0.6) is 0 Å². The van der Waals surface area contributed by atoms with E-state index in [1.54, 1.807) is 29.2 Å². The molecular formula is C23H24F3N5O2. The molecule has 0 radical (unpaired) electrons. The summed E-state index contributed by atoms with van der Waals surface area (Å²) in [5, 5.41) is 6.33. The van der Waals surface area contributed by atoms with E-state index in [9.17, 15) is 22.8 Å². The number of piperazine rings is 1. The SMILES string of the molecule is Cc1nc2cc(C(F)(F)F)c(CNc3ccc(C(=O)N4CCNC(C)C4)cc3)cc2c(=O)[nH]1. The molecule has 33 heavy (non-hydrogen) atoms. The lowest BCUT2D eigenvalue weighted by Gasteiger charge is -2.32. The highest BCUT2D eigenvalue weighted by Gasteiger charge is 2.34. The Bertz CT molecular complexity index is 1240. The molecular weight excluding hydrogens is 435 g/mol. The summed E-state index contributed by atoms with van der Waals surface area (Å²) in [6, 6.07) is 8.97. The third kappa shape index (κ3) is 5.00. The van der Waals surface area contributed by atoms with Crippen molar-refractivity contribution in [1.29, 1.82) is 0 Å². The van der Waals surface area contributed by atoms with Crippen molar-refractivity contribution in [3.8, 4) is 0 Å². The van der Waals surface area contributed by atoms with Crippen molar-refractivity contribution in [3.05, 3.63) is 69.3 Å². The van der Waals surface area contributed by atoms with Crippen molar-refractivity contribution in [2.45, 2.75) is 32.6 Å². The zero-order chi connectivity index (χ0) is 23.8. The maximum absolute atomic E-state index is 13.7. The number of aromatic nitrogens is 2. The minimum atomic E-state index is -4.60. The number of aromatic amines is 1. The van der Waals surface area contributed by atoms with Crippen molar-refractivity contribution in [3.63, 3.8) is 0 Å². The van der Waals surface area contributed by atoms with E-state index in [1.807, 2.05) is 6.92 Å². The zero-order valence-electron chi connectivity index (χ0n) is 18.2. The standard InChI is InChI=1S/C23H24F3N5O2/c1-13-12-31(8-7-27-13)22(33)15-3-5-17(6-4-15)28-11-16-9-18-20(10-19(16)23(24,25)26)29-14(2)30-21(18)32/h3-6,9-10,13,27-28H,7-8,11-12H2,1-2H3,(H,29,30,32). The first-order valence-corrected chi connectivity index (χ1v) is 10.6. The lowest BCUT2D eigenvalue weighted by atomic mass is 10.0. The quantitative estimate of drug-likeness (QED) is 0.557. The van der Waals surface area contributed by atoms with Crippen LogP contribution in [0, 0.1) is 6.92 Å². The molecule has 2 aromatic carbocycles. The number of anilines is 1. The molecule has 2 heterocycles. The molecule has 4 rings (SSSR count). The van der Waals surface area contributed by atoms with Gasteiger partial charge in [-0.05, 0) is 55.8 Å². The van der Waals surface area contributed by atoms with E-state index in [0.717, 1.165) is 12.6 Å². The van der Waals surface area contributed by atoms with Gasteiger partial charge in [0.15, 0.2) is 0 Å². The summed E-state index contributed by atoms with van der Waals surface area (Å²) < 4.78 is 41.0. The Kier molecular flexibility index (Phi) is 6.11. The molecule has 10 heteroatoms. The first kappa shape index (κ1) is 22.8. The van der Waals surface area contributed by atoms with Crippen LogP contribution < -0.4 is 16.2 Å². The van der Waals surface area contributed by atoms with Gasteiger partial charge in [0.2, 0.25) is 0 Å². The van der Waals surface area contributed by atoms with Gasteiger partial charge in [-0.1, -0.05) is 0 Å². The van der Waals surface area contributed by atoms with E-state index in [0.29, 0.717) is 24.3 Å². The number of hydrogen-bond donors (Lipinski definition) is 3. The topological polar surface area (TPSA) is 90.1 Å². The number of alkyl halides is 3. The molecule has 3 N–H and O–H groups in total.